The maximum Gasteiger partial charge on any atom is 0.116 e. The maximum atomic E-state index is 9.81. The van der Waals surface area contributed by atoms with E-state index in [0.717, 1.165) is 33.0 Å². The summed E-state index contributed by atoms with van der Waals surface area (Å²) in [4.78, 5) is 5.90. The number of benzene rings is 2. The Morgan fingerprint density at radius 3 is 2.32 bits per heavy atom. The van der Waals surface area contributed by atoms with E-state index in [9.17, 15) is 5.11 Å². The first-order valence-electron chi connectivity index (χ1n) is 7.80. The van der Waals surface area contributed by atoms with Gasteiger partial charge < -0.3 is 5.11 Å². The molecule has 0 fully saturated rings. The van der Waals surface area contributed by atoms with Gasteiger partial charge in [0.25, 0.3) is 0 Å². The standard InChI is InChI=1S/C21H14ClNOS/c22-17-6-1-4-14(10-17)16-12-19(15-5-2-7-18(24)11-15)23-20(13-16)21-8-3-9-25-21/h1-13,24H. The Bertz CT molecular complexity index is 964. The fourth-order valence-corrected chi connectivity index (χ4v) is 3.61. The topological polar surface area (TPSA) is 33.1 Å². The number of aromatic hydroxyl groups is 1. The molecule has 25 heavy (non-hydrogen) atoms. The number of thiophene rings is 1. The Morgan fingerprint density at radius 2 is 1.56 bits per heavy atom. The number of hydrogen-bond acceptors (Lipinski definition) is 3. The molecule has 0 unspecified atom stereocenters. The fraction of sp³-hybridized carbons (Fsp3) is 0. The van der Waals surface area contributed by atoms with E-state index in [1.165, 1.54) is 0 Å². The normalized spacial score (nSPS) is 10.8. The van der Waals surface area contributed by atoms with E-state index in [1.807, 2.05) is 53.9 Å². The molecule has 0 radical (unpaired) electrons. The van der Waals surface area contributed by atoms with Gasteiger partial charge in [0, 0.05) is 10.6 Å². The summed E-state index contributed by atoms with van der Waals surface area (Å²) in [5.74, 6) is 0.227. The van der Waals surface area contributed by atoms with Gasteiger partial charge in [-0.3, -0.25) is 0 Å². The third kappa shape index (κ3) is 3.43. The number of rotatable bonds is 3. The zero-order chi connectivity index (χ0) is 17.2. The molecule has 2 nitrogen and oxygen atoms in total. The van der Waals surface area contributed by atoms with Crippen LogP contribution in [-0.4, -0.2) is 10.1 Å². The molecule has 0 spiro atoms. The van der Waals surface area contributed by atoms with Gasteiger partial charge in [-0.1, -0.05) is 41.9 Å². The van der Waals surface area contributed by atoms with Crippen LogP contribution >= 0.6 is 22.9 Å². The van der Waals surface area contributed by atoms with Crippen LogP contribution in [0.25, 0.3) is 33.0 Å². The molecule has 4 rings (SSSR count). The Hall–Kier alpha value is -2.62. The predicted octanol–water partition coefficient (Wildman–Crippen LogP) is 6.50. The van der Waals surface area contributed by atoms with Crippen LogP contribution in [0.4, 0.5) is 0 Å². The minimum Gasteiger partial charge on any atom is -0.508 e. The van der Waals surface area contributed by atoms with Gasteiger partial charge in [-0.05, 0) is 59.0 Å². The van der Waals surface area contributed by atoms with Crippen LogP contribution in [0.15, 0.2) is 78.2 Å². The third-order valence-electron chi connectivity index (χ3n) is 3.90. The molecule has 0 saturated carbocycles. The SMILES string of the molecule is Oc1cccc(-c2cc(-c3cccc(Cl)c3)cc(-c3cccs3)n2)c1. The van der Waals surface area contributed by atoms with Crippen LogP contribution in [0.1, 0.15) is 0 Å². The fourth-order valence-electron chi connectivity index (χ4n) is 2.73. The molecular weight excluding hydrogens is 350 g/mol. The molecular formula is C21H14ClNOS. The minimum absolute atomic E-state index is 0.227. The van der Waals surface area contributed by atoms with E-state index in [-0.39, 0.29) is 5.75 Å². The van der Waals surface area contributed by atoms with Crippen molar-refractivity contribution in [2.75, 3.05) is 0 Å². The Balaban J connectivity index is 1.92. The number of pyridine rings is 1. The highest BCUT2D eigenvalue weighted by molar-refractivity contribution is 7.13. The van der Waals surface area contributed by atoms with Crippen LogP contribution in [0.5, 0.6) is 5.75 Å². The molecule has 0 aliphatic heterocycles. The van der Waals surface area contributed by atoms with E-state index in [0.29, 0.717) is 5.02 Å². The van der Waals surface area contributed by atoms with Gasteiger partial charge in [0.1, 0.15) is 5.75 Å². The van der Waals surface area contributed by atoms with Crippen molar-refractivity contribution in [2.24, 2.45) is 0 Å². The quantitative estimate of drug-likeness (QED) is 0.450. The van der Waals surface area contributed by atoms with Crippen molar-refractivity contribution in [3.63, 3.8) is 0 Å². The molecule has 2 aromatic heterocycles. The highest BCUT2D eigenvalue weighted by atomic mass is 35.5. The number of phenolic OH excluding ortho intramolecular Hbond substituents is 1. The van der Waals surface area contributed by atoms with Crippen molar-refractivity contribution in [3.8, 4) is 38.7 Å². The number of phenols is 1. The monoisotopic (exact) mass is 363 g/mol. The molecule has 0 aliphatic rings. The number of hydrogen-bond donors (Lipinski definition) is 1. The lowest BCUT2D eigenvalue weighted by atomic mass is 10.0. The Kier molecular flexibility index (Phi) is 4.26. The summed E-state index contributed by atoms with van der Waals surface area (Å²) in [5.41, 5.74) is 4.68. The van der Waals surface area contributed by atoms with Gasteiger partial charge in [-0.15, -0.1) is 11.3 Å². The molecule has 0 atom stereocenters. The molecule has 122 valence electrons. The van der Waals surface area contributed by atoms with E-state index < -0.39 is 0 Å². The number of aromatic nitrogens is 1. The number of nitrogens with zero attached hydrogens (tertiary/aromatic N) is 1. The Labute approximate surface area is 155 Å². The second kappa shape index (κ2) is 6.71. The molecule has 0 saturated heterocycles. The van der Waals surface area contributed by atoms with Crippen molar-refractivity contribution in [1.29, 1.82) is 0 Å². The molecule has 4 aromatic rings. The summed E-state index contributed by atoms with van der Waals surface area (Å²) in [6.07, 6.45) is 0. The molecule has 0 aliphatic carbocycles. The summed E-state index contributed by atoms with van der Waals surface area (Å²) in [6, 6.07) is 23.1. The van der Waals surface area contributed by atoms with Gasteiger partial charge in [-0.2, -0.15) is 0 Å². The highest BCUT2D eigenvalue weighted by Crippen LogP contribution is 2.33. The van der Waals surface area contributed by atoms with Crippen LogP contribution in [0, 0.1) is 0 Å². The van der Waals surface area contributed by atoms with Gasteiger partial charge >= 0.3 is 0 Å². The summed E-state index contributed by atoms with van der Waals surface area (Å²) in [5, 5.41) is 12.5. The average molecular weight is 364 g/mol. The zero-order valence-corrected chi connectivity index (χ0v) is 14.8. The molecule has 0 amide bonds. The van der Waals surface area contributed by atoms with Crippen molar-refractivity contribution < 1.29 is 5.11 Å². The van der Waals surface area contributed by atoms with Gasteiger partial charge in [0.15, 0.2) is 0 Å². The first kappa shape index (κ1) is 15.9. The summed E-state index contributed by atoms with van der Waals surface area (Å²) in [6.45, 7) is 0. The first-order chi connectivity index (χ1) is 12.2. The van der Waals surface area contributed by atoms with Crippen LogP contribution in [0.2, 0.25) is 5.02 Å². The average Bonchev–Trinajstić information content (AvgIpc) is 3.16. The first-order valence-corrected chi connectivity index (χ1v) is 9.06. The lowest BCUT2D eigenvalue weighted by Crippen LogP contribution is -1.90. The van der Waals surface area contributed by atoms with Crippen LogP contribution < -0.4 is 0 Å². The predicted molar refractivity (Wildman–Crippen MR) is 105 cm³/mol. The summed E-state index contributed by atoms with van der Waals surface area (Å²) in [7, 11) is 0. The van der Waals surface area contributed by atoms with Crippen molar-refractivity contribution in [3.05, 3.63) is 83.2 Å². The second-order valence-electron chi connectivity index (χ2n) is 5.66. The third-order valence-corrected chi connectivity index (χ3v) is 5.03. The number of halogens is 1. The lowest BCUT2D eigenvalue weighted by Gasteiger charge is -2.10. The summed E-state index contributed by atoms with van der Waals surface area (Å²) < 4.78 is 0. The molecule has 2 aromatic carbocycles. The van der Waals surface area contributed by atoms with Gasteiger partial charge in [0.2, 0.25) is 0 Å². The van der Waals surface area contributed by atoms with Crippen LogP contribution in [0.3, 0.4) is 0 Å². The summed E-state index contributed by atoms with van der Waals surface area (Å²) >= 11 is 7.82. The van der Waals surface area contributed by atoms with Crippen LogP contribution in [-0.2, 0) is 0 Å². The molecule has 2 heterocycles. The van der Waals surface area contributed by atoms with Crippen molar-refractivity contribution in [2.45, 2.75) is 0 Å². The highest BCUT2D eigenvalue weighted by Gasteiger charge is 2.10. The van der Waals surface area contributed by atoms with E-state index >= 15 is 0 Å². The molecule has 4 heteroatoms. The maximum absolute atomic E-state index is 9.81. The van der Waals surface area contributed by atoms with Gasteiger partial charge in [0.05, 0.1) is 16.3 Å². The van der Waals surface area contributed by atoms with E-state index in [2.05, 4.69) is 12.1 Å². The van der Waals surface area contributed by atoms with E-state index in [4.69, 9.17) is 16.6 Å². The second-order valence-corrected chi connectivity index (χ2v) is 7.05. The zero-order valence-electron chi connectivity index (χ0n) is 13.2. The minimum atomic E-state index is 0.227. The molecule has 0 bridgehead atoms. The largest absolute Gasteiger partial charge is 0.508 e. The van der Waals surface area contributed by atoms with Crippen molar-refractivity contribution >= 4 is 22.9 Å². The Morgan fingerprint density at radius 1 is 0.760 bits per heavy atom. The van der Waals surface area contributed by atoms with Gasteiger partial charge in [-0.25, -0.2) is 4.98 Å². The van der Waals surface area contributed by atoms with E-state index in [1.54, 1.807) is 23.5 Å². The lowest BCUT2D eigenvalue weighted by molar-refractivity contribution is 0.475. The smallest absolute Gasteiger partial charge is 0.116 e. The van der Waals surface area contributed by atoms with Crippen molar-refractivity contribution in [1.82, 2.24) is 4.98 Å². The molecule has 1 N–H and O–H groups in total.